The molecule has 3 aromatic rings. The summed E-state index contributed by atoms with van der Waals surface area (Å²) in [7, 11) is 0. The van der Waals surface area contributed by atoms with E-state index in [0.717, 1.165) is 18.7 Å². The van der Waals surface area contributed by atoms with Crippen LogP contribution in [0.1, 0.15) is 21.9 Å². The minimum atomic E-state index is -0.0494. The number of halogens is 2. The highest BCUT2D eigenvalue weighted by molar-refractivity contribution is 9.10. The molecule has 4 rings (SSSR count). The summed E-state index contributed by atoms with van der Waals surface area (Å²) in [6.07, 6.45) is 0. The van der Waals surface area contributed by atoms with E-state index in [2.05, 4.69) is 36.0 Å². The normalized spacial score (nSPS) is 15.2. The number of hydrogen-bond donors (Lipinski definition) is 1. The standard InChI is InChI=1S/C19H19BrClN5O2/c1-12-2-4-13(5-3-12)18-23-16(28-24-18)11-25-6-8-26(9-7-25)19(27)15-10-14(21)17(20)22-15/h2-5,10,22H,6-9,11H2,1H3. The monoisotopic (exact) mass is 463 g/mol. The van der Waals surface area contributed by atoms with Gasteiger partial charge in [-0.25, -0.2) is 0 Å². The molecule has 0 radical (unpaired) electrons. The van der Waals surface area contributed by atoms with E-state index in [-0.39, 0.29) is 5.91 Å². The van der Waals surface area contributed by atoms with Crippen LogP contribution in [0, 0.1) is 6.92 Å². The molecule has 28 heavy (non-hydrogen) atoms. The topological polar surface area (TPSA) is 78.3 Å². The van der Waals surface area contributed by atoms with Crippen molar-refractivity contribution in [2.45, 2.75) is 13.5 Å². The summed E-state index contributed by atoms with van der Waals surface area (Å²) in [5, 5.41) is 4.58. The van der Waals surface area contributed by atoms with Gasteiger partial charge in [-0.3, -0.25) is 9.69 Å². The maximum absolute atomic E-state index is 12.6. The molecule has 1 fully saturated rings. The zero-order valence-electron chi connectivity index (χ0n) is 15.3. The predicted molar refractivity (Wildman–Crippen MR) is 109 cm³/mol. The minimum absolute atomic E-state index is 0.0494. The van der Waals surface area contributed by atoms with Gasteiger partial charge in [-0.1, -0.05) is 46.6 Å². The van der Waals surface area contributed by atoms with E-state index >= 15 is 0 Å². The Hall–Kier alpha value is -2.16. The average Bonchev–Trinajstić information content (AvgIpc) is 3.29. The molecule has 3 heterocycles. The van der Waals surface area contributed by atoms with Gasteiger partial charge in [0.15, 0.2) is 0 Å². The second-order valence-corrected chi connectivity index (χ2v) is 7.99. The van der Waals surface area contributed by atoms with Crippen LogP contribution in [0.25, 0.3) is 11.4 Å². The van der Waals surface area contributed by atoms with Crippen LogP contribution >= 0.6 is 27.5 Å². The number of aromatic nitrogens is 3. The van der Waals surface area contributed by atoms with E-state index in [4.69, 9.17) is 16.1 Å². The predicted octanol–water partition coefficient (Wildman–Crippen LogP) is 3.75. The highest BCUT2D eigenvalue weighted by Gasteiger charge is 2.25. The van der Waals surface area contributed by atoms with Crippen molar-refractivity contribution < 1.29 is 9.32 Å². The van der Waals surface area contributed by atoms with Crippen LogP contribution in [0.5, 0.6) is 0 Å². The van der Waals surface area contributed by atoms with Crippen LogP contribution in [0.15, 0.2) is 39.5 Å². The molecule has 7 nitrogen and oxygen atoms in total. The number of benzene rings is 1. The van der Waals surface area contributed by atoms with Gasteiger partial charge in [0.2, 0.25) is 11.7 Å². The number of hydrogen-bond acceptors (Lipinski definition) is 5. The summed E-state index contributed by atoms with van der Waals surface area (Å²) in [4.78, 5) is 24.0. The molecule has 0 spiro atoms. The molecule has 1 aliphatic rings. The van der Waals surface area contributed by atoms with E-state index < -0.39 is 0 Å². The Labute approximate surface area is 175 Å². The lowest BCUT2D eigenvalue weighted by atomic mass is 10.1. The van der Waals surface area contributed by atoms with Crippen molar-refractivity contribution in [1.29, 1.82) is 0 Å². The van der Waals surface area contributed by atoms with Crippen LogP contribution in [0.4, 0.5) is 0 Å². The van der Waals surface area contributed by atoms with Crippen molar-refractivity contribution in [3.8, 4) is 11.4 Å². The smallest absolute Gasteiger partial charge is 0.270 e. The van der Waals surface area contributed by atoms with E-state index in [9.17, 15) is 4.79 Å². The first-order valence-corrected chi connectivity index (χ1v) is 10.1. The van der Waals surface area contributed by atoms with E-state index in [1.165, 1.54) is 5.56 Å². The summed E-state index contributed by atoms with van der Waals surface area (Å²) in [6, 6.07) is 9.67. The Kier molecular flexibility index (Phi) is 5.52. The molecule has 0 unspecified atom stereocenters. The largest absolute Gasteiger partial charge is 0.344 e. The van der Waals surface area contributed by atoms with Gasteiger partial charge >= 0.3 is 0 Å². The third-order valence-corrected chi connectivity index (χ3v) is 5.90. The maximum Gasteiger partial charge on any atom is 0.270 e. The van der Waals surface area contributed by atoms with Gasteiger partial charge in [0.05, 0.1) is 11.6 Å². The quantitative estimate of drug-likeness (QED) is 0.636. The first kappa shape index (κ1) is 19.2. The van der Waals surface area contributed by atoms with Gasteiger partial charge in [0, 0.05) is 31.7 Å². The number of aromatic amines is 1. The van der Waals surface area contributed by atoms with Crippen molar-refractivity contribution in [3.63, 3.8) is 0 Å². The summed E-state index contributed by atoms with van der Waals surface area (Å²) in [6.45, 7) is 5.35. The number of H-pyrrole nitrogens is 1. The Morgan fingerprint density at radius 2 is 1.96 bits per heavy atom. The van der Waals surface area contributed by atoms with Crippen molar-refractivity contribution in [1.82, 2.24) is 24.9 Å². The first-order chi connectivity index (χ1) is 13.5. The molecule has 1 saturated heterocycles. The lowest BCUT2D eigenvalue weighted by molar-refractivity contribution is 0.0610. The molecule has 1 aliphatic heterocycles. The molecule has 0 bridgehead atoms. The fourth-order valence-electron chi connectivity index (χ4n) is 3.13. The number of carbonyl (C=O) groups is 1. The summed E-state index contributed by atoms with van der Waals surface area (Å²) >= 11 is 9.29. The van der Waals surface area contributed by atoms with Gasteiger partial charge in [0.1, 0.15) is 10.3 Å². The first-order valence-electron chi connectivity index (χ1n) is 8.95. The number of piperazine rings is 1. The van der Waals surface area contributed by atoms with Gasteiger partial charge in [-0.2, -0.15) is 4.98 Å². The van der Waals surface area contributed by atoms with Gasteiger partial charge in [-0.05, 0) is 28.9 Å². The van der Waals surface area contributed by atoms with Gasteiger partial charge < -0.3 is 14.4 Å². The zero-order valence-corrected chi connectivity index (χ0v) is 17.6. The molecule has 146 valence electrons. The molecule has 1 N–H and O–H groups in total. The number of nitrogens with zero attached hydrogens (tertiary/aromatic N) is 4. The van der Waals surface area contributed by atoms with E-state index in [1.54, 1.807) is 6.07 Å². The SMILES string of the molecule is Cc1ccc(-c2noc(CN3CCN(C(=O)c4cc(Cl)c(Br)[nH]4)CC3)n2)cc1. The molecule has 1 aromatic carbocycles. The second-order valence-electron chi connectivity index (χ2n) is 6.79. The molecule has 1 amide bonds. The van der Waals surface area contributed by atoms with Crippen LogP contribution < -0.4 is 0 Å². The number of amides is 1. The Morgan fingerprint density at radius 3 is 2.61 bits per heavy atom. The highest BCUT2D eigenvalue weighted by Crippen LogP contribution is 2.23. The lowest BCUT2D eigenvalue weighted by Gasteiger charge is -2.33. The molecule has 9 heteroatoms. The highest BCUT2D eigenvalue weighted by atomic mass is 79.9. The maximum atomic E-state index is 12.6. The number of rotatable bonds is 4. The van der Waals surface area contributed by atoms with Crippen LogP contribution in [0.3, 0.4) is 0 Å². The van der Waals surface area contributed by atoms with Crippen molar-refractivity contribution in [2.24, 2.45) is 0 Å². The third kappa shape index (κ3) is 4.14. The van der Waals surface area contributed by atoms with Gasteiger partial charge in [-0.15, -0.1) is 0 Å². The number of nitrogens with one attached hydrogen (secondary N) is 1. The summed E-state index contributed by atoms with van der Waals surface area (Å²) < 4.78 is 6.03. The van der Waals surface area contributed by atoms with Crippen molar-refractivity contribution >= 4 is 33.4 Å². The van der Waals surface area contributed by atoms with Crippen molar-refractivity contribution in [3.05, 3.63) is 57.1 Å². The van der Waals surface area contributed by atoms with Gasteiger partial charge in [0.25, 0.3) is 5.91 Å². The minimum Gasteiger partial charge on any atom is -0.344 e. The Balaban J connectivity index is 1.33. The molecular formula is C19H19BrClN5O2. The number of aryl methyl sites for hydroxylation is 1. The average molecular weight is 465 g/mol. The number of carbonyl (C=O) groups excluding carboxylic acids is 1. The molecule has 0 saturated carbocycles. The summed E-state index contributed by atoms with van der Waals surface area (Å²) in [5.41, 5.74) is 2.62. The Bertz CT molecular complexity index is 957. The van der Waals surface area contributed by atoms with Crippen LogP contribution in [0.2, 0.25) is 5.02 Å². The fraction of sp³-hybridized carbons (Fsp3) is 0.316. The summed E-state index contributed by atoms with van der Waals surface area (Å²) in [5.74, 6) is 1.13. The fourth-order valence-corrected chi connectivity index (χ4v) is 3.61. The molecule has 2 aromatic heterocycles. The van der Waals surface area contributed by atoms with Crippen LogP contribution in [-0.2, 0) is 6.54 Å². The van der Waals surface area contributed by atoms with Crippen molar-refractivity contribution in [2.75, 3.05) is 26.2 Å². The molecule has 0 aliphatic carbocycles. The van der Waals surface area contributed by atoms with E-state index in [0.29, 0.717) is 46.7 Å². The molecule has 0 atom stereocenters. The second kappa shape index (κ2) is 8.06. The molecular weight excluding hydrogens is 446 g/mol. The lowest BCUT2D eigenvalue weighted by Crippen LogP contribution is -2.48. The van der Waals surface area contributed by atoms with Crippen LogP contribution in [-0.4, -0.2) is 57.0 Å². The zero-order chi connectivity index (χ0) is 19.7. The van der Waals surface area contributed by atoms with E-state index in [1.807, 2.05) is 36.1 Å². The third-order valence-electron chi connectivity index (χ3n) is 4.75. The Morgan fingerprint density at radius 1 is 1.25 bits per heavy atom.